The van der Waals surface area contributed by atoms with Crippen LogP contribution in [0, 0.1) is 17.0 Å². The van der Waals surface area contributed by atoms with E-state index in [1.165, 1.54) is 11.3 Å². The molecule has 88 valence electrons. The maximum Gasteiger partial charge on any atom is 0.282 e. The molecule has 7 heteroatoms. The normalized spacial score (nSPS) is 10.5. The van der Waals surface area contributed by atoms with Gasteiger partial charge in [0.1, 0.15) is 5.01 Å². The van der Waals surface area contributed by atoms with Crippen molar-refractivity contribution in [3.63, 3.8) is 0 Å². The highest BCUT2D eigenvalue weighted by atomic mass is 32.1. The van der Waals surface area contributed by atoms with Crippen molar-refractivity contribution in [3.8, 4) is 10.6 Å². The third kappa shape index (κ3) is 2.15. The van der Waals surface area contributed by atoms with Crippen LogP contribution in [0.1, 0.15) is 10.6 Å². The molecule has 2 N–H and O–H groups in total. The minimum atomic E-state index is -0.395. The van der Waals surface area contributed by atoms with Crippen molar-refractivity contribution in [1.82, 2.24) is 10.2 Å². The van der Waals surface area contributed by atoms with Crippen LogP contribution in [0.25, 0.3) is 10.6 Å². The summed E-state index contributed by atoms with van der Waals surface area (Å²) in [5.41, 5.74) is 6.62. The topological polar surface area (TPSA) is 94.9 Å². The van der Waals surface area contributed by atoms with E-state index in [1.807, 2.05) is 0 Å². The van der Waals surface area contributed by atoms with Crippen LogP contribution in [0.5, 0.6) is 0 Å². The van der Waals surface area contributed by atoms with Crippen molar-refractivity contribution < 1.29 is 4.92 Å². The molecule has 0 atom stereocenters. The Kier molecular flexibility index (Phi) is 3.12. The number of hydrogen-bond donors (Lipinski definition) is 1. The summed E-state index contributed by atoms with van der Waals surface area (Å²) >= 11 is 1.27. The Morgan fingerprint density at radius 1 is 1.47 bits per heavy atom. The van der Waals surface area contributed by atoms with Gasteiger partial charge in [0.05, 0.1) is 10.5 Å². The Bertz CT molecular complexity index is 567. The minimum Gasteiger partial charge on any atom is -0.324 e. The molecular weight excluding hydrogens is 240 g/mol. The molecule has 0 aliphatic heterocycles. The van der Waals surface area contributed by atoms with Crippen LogP contribution in [-0.4, -0.2) is 15.1 Å². The van der Waals surface area contributed by atoms with Crippen molar-refractivity contribution in [3.05, 3.63) is 38.9 Å². The lowest BCUT2D eigenvalue weighted by atomic mass is 10.1. The van der Waals surface area contributed by atoms with E-state index in [2.05, 4.69) is 10.2 Å². The van der Waals surface area contributed by atoms with E-state index < -0.39 is 4.92 Å². The van der Waals surface area contributed by atoms with Crippen molar-refractivity contribution in [1.29, 1.82) is 0 Å². The van der Waals surface area contributed by atoms with Crippen molar-refractivity contribution in [2.45, 2.75) is 13.5 Å². The number of aromatic nitrogens is 2. The summed E-state index contributed by atoms with van der Waals surface area (Å²) in [6.45, 7) is 1.99. The van der Waals surface area contributed by atoms with E-state index in [-0.39, 0.29) is 12.2 Å². The Balaban J connectivity index is 2.58. The largest absolute Gasteiger partial charge is 0.324 e. The quantitative estimate of drug-likeness (QED) is 0.662. The molecule has 2 aromatic rings. The lowest BCUT2D eigenvalue weighted by molar-refractivity contribution is -0.384. The second-order valence-electron chi connectivity index (χ2n) is 3.43. The molecule has 0 fully saturated rings. The predicted molar refractivity (Wildman–Crippen MR) is 64.6 cm³/mol. The highest BCUT2D eigenvalue weighted by Crippen LogP contribution is 2.33. The molecule has 0 saturated carbocycles. The van der Waals surface area contributed by atoms with E-state index in [0.717, 1.165) is 0 Å². The average Bonchev–Trinajstić information content (AvgIpc) is 2.76. The van der Waals surface area contributed by atoms with Crippen LogP contribution >= 0.6 is 11.3 Å². The summed E-state index contributed by atoms with van der Waals surface area (Å²) in [4.78, 5) is 10.6. The molecule has 17 heavy (non-hydrogen) atoms. The van der Waals surface area contributed by atoms with Gasteiger partial charge in [0, 0.05) is 12.1 Å². The van der Waals surface area contributed by atoms with E-state index in [0.29, 0.717) is 21.1 Å². The molecule has 0 saturated heterocycles. The standard InChI is InChI=1S/C10H10N4O2S/c1-6-3-2-4-7(9(6)14(15)16)10-13-12-8(5-11)17-10/h2-4H,5,11H2,1H3. The third-order valence-electron chi connectivity index (χ3n) is 2.29. The van der Waals surface area contributed by atoms with Crippen LogP contribution < -0.4 is 5.73 Å². The van der Waals surface area contributed by atoms with Gasteiger partial charge >= 0.3 is 0 Å². The lowest BCUT2D eigenvalue weighted by Gasteiger charge is -2.01. The van der Waals surface area contributed by atoms with Gasteiger partial charge in [-0.3, -0.25) is 10.1 Å². The number of rotatable bonds is 3. The summed E-state index contributed by atoms with van der Waals surface area (Å²) in [7, 11) is 0. The zero-order valence-corrected chi connectivity index (χ0v) is 9.90. The summed E-state index contributed by atoms with van der Waals surface area (Å²) in [5, 5.41) is 20.0. The van der Waals surface area contributed by atoms with Crippen LogP contribution in [0.15, 0.2) is 18.2 Å². The smallest absolute Gasteiger partial charge is 0.282 e. The molecule has 6 nitrogen and oxygen atoms in total. The number of hydrogen-bond acceptors (Lipinski definition) is 6. The Morgan fingerprint density at radius 2 is 2.24 bits per heavy atom. The average molecular weight is 250 g/mol. The van der Waals surface area contributed by atoms with Gasteiger partial charge in [0.15, 0.2) is 5.01 Å². The number of nitrogens with two attached hydrogens (primary N) is 1. The molecule has 0 amide bonds. The molecule has 1 aromatic heterocycles. The number of nitro groups is 1. The third-order valence-corrected chi connectivity index (χ3v) is 3.27. The van der Waals surface area contributed by atoms with Crippen LogP contribution in [0.4, 0.5) is 5.69 Å². The van der Waals surface area contributed by atoms with Gasteiger partial charge in [-0.25, -0.2) is 0 Å². The number of benzene rings is 1. The molecule has 2 rings (SSSR count). The highest BCUT2D eigenvalue weighted by molar-refractivity contribution is 7.14. The van der Waals surface area contributed by atoms with Crippen molar-refractivity contribution in [2.24, 2.45) is 5.73 Å². The van der Waals surface area contributed by atoms with E-state index in [9.17, 15) is 10.1 Å². The molecule has 1 aromatic carbocycles. The Morgan fingerprint density at radius 3 is 2.82 bits per heavy atom. The zero-order chi connectivity index (χ0) is 12.4. The SMILES string of the molecule is Cc1cccc(-c2nnc(CN)s2)c1[N+](=O)[O-]. The molecule has 1 heterocycles. The predicted octanol–water partition coefficient (Wildman–Crippen LogP) is 1.88. The zero-order valence-electron chi connectivity index (χ0n) is 9.08. The molecule has 0 aliphatic rings. The second kappa shape index (κ2) is 4.56. The summed E-state index contributed by atoms with van der Waals surface area (Å²) in [6, 6.07) is 5.14. The lowest BCUT2D eigenvalue weighted by Crippen LogP contribution is -1.94. The first-order valence-electron chi connectivity index (χ1n) is 4.90. The summed E-state index contributed by atoms with van der Waals surface area (Å²) < 4.78 is 0. The molecule has 0 bridgehead atoms. The number of aryl methyl sites for hydroxylation is 1. The van der Waals surface area contributed by atoms with Gasteiger partial charge in [-0.15, -0.1) is 10.2 Å². The van der Waals surface area contributed by atoms with E-state index in [4.69, 9.17) is 5.73 Å². The first-order chi connectivity index (χ1) is 8.13. The highest BCUT2D eigenvalue weighted by Gasteiger charge is 2.20. The molecular formula is C10H10N4O2S. The first-order valence-corrected chi connectivity index (χ1v) is 5.72. The van der Waals surface area contributed by atoms with Crippen LogP contribution in [0.2, 0.25) is 0 Å². The molecule has 0 aliphatic carbocycles. The fourth-order valence-electron chi connectivity index (χ4n) is 1.52. The first kappa shape index (κ1) is 11.6. The van der Waals surface area contributed by atoms with Crippen LogP contribution in [0.3, 0.4) is 0 Å². The van der Waals surface area contributed by atoms with Crippen molar-refractivity contribution >= 4 is 17.0 Å². The fourth-order valence-corrected chi connectivity index (χ4v) is 2.26. The summed E-state index contributed by atoms with van der Waals surface area (Å²) in [5.74, 6) is 0. The minimum absolute atomic E-state index is 0.0761. The van der Waals surface area contributed by atoms with Crippen LogP contribution in [-0.2, 0) is 6.54 Å². The Hall–Kier alpha value is -1.86. The fraction of sp³-hybridized carbons (Fsp3) is 0.200. The Labute approximate surface area is 101 Å². The van der Waals surface area contributed by atoms with Gasteiger partial charge in [0.2, 0.25) is 0 Å². The molecule has 0 spiro atoms. The van der Waals surface area contributed by atoms with Gasteiger partial charge < -0.3 is 5.73 Å². The maximum atomic E-state index is 11.0. The van der Waals surface area contributed by atoms with Gasteiger partial charge in [0.25, 0.3) is 5.69 Å². The van der Waals surface area contributed by atoms with E-state index >= 15 is 0 Å². The van der Waals surface area contributed by atoms with Gasteiger partial charge in [-0.05, 0) is 13.0 Å². The number of nitro benzene ring substituents is 1. The second-order valence-corrected chi connectivity index (χ2v) is 4.50. The van der Waals surface area contributed by atoms with Crippen molar-refractivity contribution in [2.75, 3.05) is 0 Å². The van der Waals surface area contributed by atoms with Gasteiger partial charge in [-0.1, -0.05) is 23.5 Å². The number of para-hydroxylation sites is 1. The summed E-state index contributed by atoms with van der Waals surface area (Å²) in [6.07, 6.45) is 0. The van der Waals surface area contributed by atoms with Gasteiger partial charge in [-0.2, -0.15) is 0 Å². The molecule has 0 unspecified atom stereocenters. The maximum absolute atomic E-state index is 11.0. The molecule has 0 radical (unpaired) electrons. The monoisotopic (exact) mass is 250 g/mol. The van der Waals surface area contributed by atoms with E-state index in [1.54, 1.807) is 25.1 Å². The number of nitrogens with zero attached hydrogens (tertiary/aromatic N) is 3.